The van der Waals surface area contributed by atoms with E-state index in [1.165, 1.54) is 0 Å². The molecule has 0 saturated carbocycles. The molecule has 1 aromatic rings. The minimum Gasteiger partial charge on any atom is -0.375 e. The highest BCUT2D eigenvalue weighted by atomic mass is 35.5. The predicted octanol–water partition coefficient (Wildman–Crippen LogP) is 2.64. The number of hydrogen-bond donors (Lipinski definition) is 1. The van der Waals surface area contributed by atoms with Gasteiger partial charge in [0.15, 0.2) is 6.23 Å². The molecule has 2 atom stereocenters. The molecule has 0 radical (unpaired) electrons. The number of carbonyl (C=O) groups excluding carboxylic acids is 1. The fourth-order valence-corrected chi connectivity index (χ4v) is 3.24. The number of oxime groups is 1. The Morgan fingerprint density at radius 2 is 2.24 bits per heavy atom. The Labute approximate surface area is 153 Å². The van der Waals surface area contributed by atoms with Crippen LogP contribution in [0.2, 0.25) is 5.02 Å². The zero-order valence-electron chi connectivity index (χ0n) is 14.7. The van der Waals surface area contributed by atoms with Gasteiger partial charge in [0, 0.05) is 22.7 Å². The molecule has 0 aromatic heterocycles. The average molecular weight is 360 g/mol. The Bertz CT molecular complexity index is 758. The van der Waals surface area contributed by atoms with E-state index >= 15 is 0 Å². The van der Waals surface area contributed by atoms with Crippen LogP contribution in [0.1, 0.15) is 32.8 Å². The van der Waals surface area contributed by atoms with Crippen LogP contribution in [0, 0.1) is 17.8 Å². The molecule has 2 heterocycles. The molecule has 1 amide bonds. The van der Waals surface area contributed by atoms with Gasteiger partial charge in [0.2, 0.25) is 5.91 Å². The van der Waals surface area contributed by atoms with Crippen molar-refractivity contribution in [1.29, 1.82) is 0 Å². The topological polar surface area (TPSA) is 53.9 Å². The third-order valence-electron chi connectivity index (χ3n) is 4.06. The quantitative estimate of drug-likeness (QED) is 0.826. The molecule has 1 saturated heterocycles. The van der Waals surface area contributed by atoms with Crippen LogP contribution in [0.4, 0.5) is 0 Å². The van der Waals surface area contributed by atoms with E-state index in [2.05, 4.69) is 22.3 Å². The van der Waals surface area contributed by atoms with Crippen LogP contribution in [0.5, 0.6) is 0 Å². The van der Waals surface area contributed by atoms with Crippen molar-refractivity contribution in [1.82, 2.24) is 10.2 Å². The number of fused-ring (bicyclic) bond motifs is 1. The van der Waals surface area contributed by atoms with Crippen molar-refractivity contribution in [2.24, 2.45) is 11.1 Å². The molecule has 25 heavy (non-hydrogen) atoms. The summed E-state index contributed by atoms with van der Waals surface area (Å²) in [4.78, 5) is 19.7. The molecule has 2 unspecified atom stereocenters. The van der Waals surface area contributed by atoms with E-state index in [1.54, 1.807) is 0 Å². The first-order chi connectivity index (χ1) is 11.8. The fraction of sp³-hybridized carbons (Fsp3) is 0.474. The van der Waals surface area contributed by atoms with Gasteiger partial charge in [0.1, 0.15) is 5.71 Å². The molecule has 1 aromatic carbocycles. The van der Waals surface area contributed by atoms with Crippen LogP contribution in [0.15, 0.2) is 29.4 Å². The van der Waals surface area contributed by atoms with E-state index in [0.29, 0.717) is 11.6 Å². The third-order valence-corrected chi connectivity index (χ3v) is 4.30. The van der Waals surface area contributed by atoms with E-state index in [0.717, 1.165) is 24.2 Å². The maximum atomic E-state index is 12.1. The third kappa shape index (κ3) is 4.53. The zero-order valence-corrected chi connectivity index (χ0v) is 15.4. The smallest absolute Gasteiger partial charge is 0.234 e. The number of nitrogens with one attached hydrogen (secondary N) is 1. The molecular formula is C19H22ClN3O2. The van der Waals surface area contributed by atoms with Crippen molar-refractivity contribution in [2.75, 3.05) is 13.1 Å². The molecule has 1 fully saturated rings. The summed E-state index contributed by atoms with van der Waals surface area (Å²) in [5.41, 5.74) is 1.35. The minimum absolute atomic E-state index is 0.00443. The highest BCUT2D eigenvalue weighted by Gasteiger charge is 2.43. The van der Waals surface area contributed by atoms with Gasteiger partial charge in [-0.25, -0.2) is 0 Å². The number of nitrogens with zero attached hydrogens (tertiary/aromatic N) is 2. The van der Waals surface area contributed by atoms with E-state index in [4.69, 9.17) is 16.4 Å². The fourth-order valence-electron chi connectivity index (χ4n) is 3.05. The van der Waals surface area contributed by atoms with Crippen LogP contribution < -0.4 is 5.32 Å². The number of likely N-dealkylation sites (tertiary alicyclic amines) is 1. The molecular weight excluding hydrogens is 338 g/mol. The minimum atomic E-state index is -0.239. The molecule has 3 rings (SSSR count). The monoisotopic (exact) mass is 359 g/mol. The number of halogens is 1. The van der Waals surface area contributed by atoms with E-state index in [1.807, 2.05) is 49.9 Å². The average Bonchev–Trinajstić information content (AvgIpc) is 3.07. The van der Waals surface area contributed by atoms with Crippen LogP contribution >= 0.6 is 11.6 Å². The summed E-state index contributed by atoms with van der Waals surface area (Å²) in [5.74, 6) is 6.30. The van der Waals surface area contributed by atoms with Crippen molar-refractivity contribution in [2.45, 2.75) is 39.0 Å². The highest BCUT2D eigenvalue weighted by molar-refractivity contribution is 6.30. The lowest BCUT2D eigenvalue weighted by Crippen LogP contribution is -2.47. The first kappa shape index (κ1) is 17.8. The molecule has 1 N–H and O–H groups in total. The summed E-state index contributed by atoms with van der Waals surface area (Å²) in [7, 11) is 0. The second-order valence-corrected chi connectivity index (χ2v) is 7.83. The van der Waals surface area contributed by atoms with Gasteiger partial charge < -0.3 is 10.2 Å². The second-order valence-electron chi connectivity index (χ2n) is 7.40. The van der Waals surface area contributed by atoms with E-state index < -0.39 is 0 Å². The van der Waals surface area contributed by atoms with Crippen molar-refractivity contribution in [3.05, 3.63) is 34.9 Å². The van der Waals surface area contributed by atoms with Gasteiger partial charge in [0.05, 0.1) is 12.5 Å². The van der Waals surface area contributed by atoms with Gasteiger partial charge in [-0.15, -0.1) is 0 Å². The summed E-state index contributed by atoms with van der Waals surface area (Å²) >= 11 is 5.98. The lowest BCUT2D eigenvalue weighted by Gasteiger charge is -2.25. The van der Waals surface area contributed by atoms with E-state index in [-0.39, 0.29) is 23.6 Å². The van der Waals surface area contributed by atoms with Crippen LogP contribution in [-0.4, -0.2) is 41.4 Å². The van der Waals surface area contributed by atoms with Gasteiger partial charge in [-0.1, -0.05) is 28.7 Å². The van der Waals surface area contributed by atoms with Crippen molar-refractivity contribution in [3.63, 3.8) is 0 Å². The molecule has 0 bridgehead atoms. The van der Waals surface area contributed by atoms with Gasteiger partial charge in [-0.3, -0.25) is 9.69 Å². The summed E-state index contributed by atoms with van der Waals surface area (Å²) in [6.45, 7) is 7.01. The normalized spacial score (nSPS) is 22.5. The molecule has 5 nitrogen and oxygen atoms in total. The molecule has 0 aliphatic carbocycles. The molecule has 132 valence electrons. The Kier molecular flexibility index (Phi) is 5.03. The highest BCUT2D eigenvalue weighted by Crippen LogP contribution is 2.31. The number of rotatable bonds is 2. The number of benzene rings is 1. The molecule has 2 aliphatic heterocycles. The van der Waals surface area contributed by atoms with Gasteiger partial charge >= 0.3 is 0 Å². The lowest BCUT2D eigenvalue weighted by atomic mass is 10.0. The lowest BCUT2D eigenvalue weighted by molar-refractivity contribution is -0.126. The summed E-state index contributed by atoms with van der Waals surface area (Å²) in [6.07, 6.45) is 0.686. The Morgan fingerprint density at radius 3 is 2.96 bits per heavy atom. The maximum Gasteiger partial charge on any atom is 0.234 e. The zero-order chi connectivity index (χ0) is 18.0. The number of carbonyl (C=O) groups is 1. The van der Waals surface area contributed by atoms with Crippen molar-refractivity contribution in [3.8, 4) is 11.8 Å². The van der Waals surface area contributed by atoms with E-state index in [9.17, 15) is 4.79 Å². The number of hydrogen-bond acceptors (Lipinski definition) is 4. The molecule has 2 aliphatic rings. The summed E-state index contributed by atoms with van der Waals surface area (Å²) in [6, 6.07) is 7.41. The Hall–Kier alpha value is -2.03. The SMILES string of the molecule is CC(C)(C)NC(=O)CN1CCC2C(C#Cc3cccc(Cl)c3)=NOC21. The Morgan fingerprint density at radius 1 is 1.44 bits per heavy atom. The van der Waals surface area contributed by atoms with Gasteiger partial charge in [-0.2, -0.15) is 0 Å². The summed E-state index contributed by atoms with van der Waals surface area (Å²) in [5, 5.41) is 7.76. The Balaban J connectivity index is 1.61. The molecule has 0 spiro atoms. The first-order valence-corrected chi connectivity index (χ1v) is 8.76. The standard InChI is InChI=1S/C19H22ClN3O2/c1-19(2,3)21-17(24)12-23-10-9-15-16(22-25-18(15)23)8-7-13-5-4-6-14(20)11-13/h4-6,11,15,18H,9-10,12H2,1-3H3,(H,21,24). The van der Waals surface area contributed by atoms with Crippen LogP contribution in [-0.2, 0) is 9.63 Å². The second kappa shape index (κ2) is 7.07. The van der Waals surface area contributed by atoms with Gasteiger partial charge in [-0.05, 0) is 51.3 Å². The molecule has 6 heteroatoms. The van der Waals surface area contributed by atoms with Gasteiger partial charge in [0.25, 0.3) is 0 Å². The largest absolute Gasteiger partial charge is 0.375 e. The predicted molar refractivity (Wildman–Crippen MR) is 98.2 cm³/mol. The summed E-state index contributed by atoms with van der Waals surface area (Å²) < 4.78 is 0. The first-order valence-electron chi connectivity index (χ1n) is 8.38. The van der Waals surface area contributed by atoms with Crippen molar-refractivity contribution >= 4 is 23.2 Å². The van der Waals surface area contributed by atoms with Crippen LogP contribution in [0.3, 0.4) is 0 Å². The number of amides is 1. The van der Waals surface area contributed by atoms with Crippen molar-refractivity contribution < 1.29 is 9.63 Å². The van der Waals surface area contributed by atoms with Crippen LogP contribution in [0.25, 0.3) is 0 Å². The maximum absolute atomic E-state index is 12.1.